The van der Waals surface area contributed by atoms with Crippen LogP contribution in [0.2, 0.25) is 4.34 Å². The van der Waals surface area contributed by atoms with E-state index < -0.39 is 21.7 Å². The molecule has 4 rings (SSSR count). The maximum absolute atomic E-state index is 13.9. The number of carbonyl (C=O) groups excluding carboxylic acids is 1. The van der Waals surface area contributed by atoms with Gasteiger partial charge in [0.2, 0.25) is 5.91 Å². The maximum Gasteiger partial charge on any atom is 0.252 e. The number of amides is 1. The predicted octanol–water partition coefficient (Wildman–Crippen LogP) is 4.84. The van der Waals surface area contributed by atoms with Crippen LogP contribution in [0.15, 0.2) is 39.9 Å². The number of carbonyl (C=O) groups is 1. The summed E-state index contributed by atoms with van der Waals surface area (Å²) in [6.07, 6.45) is 0.740. The van der Waals surface area contributed by atoms with Crippen LogP contribution in [0.5, 0.6) is 0 Å². The fourth-order valence-electron chi connectivity index (χ4n) is 3.28. The van der Waals surface area contributed by atoms with E-state index >= 15 is 0 Å². The molecule has 164 valence electrons. The van der Waals surface area contributed by atoms with Gasteiger partial charge in [-0.25, -0.2) is 22.2 Å². The molecule has 0 radical (unpaired) electrons. The van der Waals surface area contributed by atoms with Crippen LogP contribution in [0.1, 0.15) is 12.8 Å². The van der Waals surface area contributed by atoms with E-state index in [1.165, 1.54) is 16.4 Å². The van der Waals surface area contributed by atoms with Crippen LogP contribution in [0.4, 0.5) is 13.9 Å². The van der Waals surface area contributed by atoms with Crippen molar-refractivity contribution in [3.05, 3.63) is 51.7 Å². The first-order chi connectivity index (χ1) is 14.7. The molecule has 3 aromatic rings. The van der Waals surface area contributed by atoms with Crippen molar-refractivity contribution in [3.8, 4) is 11.3 Å². The Balaban J connectivity index is 1.37. The highest BCUT2D eigenvalue weighted by molar-refractivity contribution is 7.91. The van der Waals surface area contributed by atoms with Gasteiger partial charge in [-0.05, 0) is 37.1 Å². The van der Waals surface area contributed by atoms with E-state index in [0.29, 0.717) is 28.0 Å². The SMILES string of the molecule is O=C(Nc1nc(-c2ccc(F)cc2F)cs1)C1CCN(S(=O)(=O)c2ccc(Cl)s2)CC1. The first-order valence-electron chi connectivity index (χ1n) is 9.21. The van der Waals surface area contributed by atoms with Crippen molar-refractivity contribution in [1.82, 2.24) is 9.29 Å². The van der Waals surface area contributed by atoms with Crippen LogP contribution < -0.4 is 5.32 Å². The van der Waals surface area contributed by atoms with Crippen LogP contribution in [0, 0.1) is 17.6 Å². The predicted molar refractivity (Wildman–Crippen MR) is 117 cm³/mol. The Labute approximate surface area is 190 Å². The van der Waals surface area contributed by atoms with Gasteiger partial charge in [0.05, 0.1) is 10.0 Å². The van der Waals surface area contributed by atoms with Crippen LogP contribution in [0.25, 0.3) is 11.3 Å². The molecule has 12 heteroatoms. The topological polar surface area (TPSA) is 79.4 Å². The molecule has 1 aromatic carbocycles. The summed E-state index contributed by atoms with van der Waals surface area (Å²) >= 11 is 7.98. The monoisotopic (exact) mass is 503 g/mol. The molecule has 6 nitrogen and oxygen atoms in total. The Hall–Kier alpha value is -1.92. The first-order valence-corrected chi connectivity index (χ1v) is 12.7. The van der Waals surface area contributed by atoms with E-state index in [0.717, 1.165) is 34.8 Å². The molecule has 0 unspecified atom stereocenters. The van der Waals surface area contributed by atoms with E-state index in [4.69, 9.17) is 11.6 Å². The molecule has 2 aromatic heterocycles. The normalized spacial score (nSPS) is 15.8. The van der Waals surface area contributed by atoms with Crippen molar-refractivity contribution in [2.75, 3.05) is 18.4 Å². The van der Waals surface area contributed by atoms with Crippen molar-refractivity contribution in [2.45, 2.75) is 17.1 Å². The number of hydrogen-bond donors (Lipinski definition) is 1. The van der Waals surface area contributed by atoms with E-state index in [2.05, 4.69) is 10.3 Å². The second kappa shape index (κ2) is 8.91. The summed E-state index contributed by atoms with van der Waals surface area (Å²) in [5.74, 6) is -2.05. The zero-order valence-corrected chi connectivity index (χ0v) is 19.1. The molecule has 1 aliphatic rings. The Bertz CT molecular complexity index is 1220. The third kappa shape index (κ3) is 4.80. The summed E-state index contributed by atoms with van der Waals surface area (Å²) in [6.45, 7) is 0.444. The molecular formula is C19H16ClF2N3O3S3. The van der Waals surface area contributed by atoms with Gasteiger partial charge in [0, 0.05) is 36.0 Å². The van der Waals surface area contributed by atoms with Crippen molar-refractivity contribution in [1.29, 1.82) is 0 Å². The van der Waals surface area contributed by atoms with Gasteiger partial charge in [0.1, 0.15) is 15.8 Å². The number of nitrogens with one attached hydrogen (secondary N) is 1. The van der Waals surface area contributed by atoms with E-state index in [9.17, 15) is 22.0 Å². The number of piperidine rings is 1. The summed E-state index contributed by atoms with van der Waals surface area (Å²) < 4.78 is 54.3. The van der Waals surface area contributed by atoms with Crippen LogP contribution in [-0.4, -0.2) is 36.7 Å². The number of anilines is 1. The lowest BCUT2D eigenvalue weighted by Crippen LogP contribution is -2.41. The van der Waals surface area contributed by atoms with Crippen LogP contribution >= 0.6 is 34.3 Å². The molecule has 31 heavy (non-hydrogen) atoms. The fourth-order valence-corrected chi connectivity index (χ4v) is 7.10. The number of halogens is 3. The molecule has 1 amide bonds. The van der Waals surface area contributed by atoms with E-state index in [-0.39, 0.29) is 34.7 Å². The summed E-state index contributed by atoms with van der Waals surface area (Å²) in [4.78, 5) is 16.8. The number of aromatic nitrogens is 1. The number of rotatable bonds is 5. The molecule has 1 saturated heterocycles. The second-order valence-corrected chi connectivity index (χ2v) is 11.6. The number of nitrogens with zero attached hydrogens (tertiary/aromatic N) is 2. The number of hydrogen-bond acceptors (Lipinski definition) is 6. The minimum absolute atomic E-state index is 0.144. The molecule has 0 spiro atoms. The maximum atomic E-state index is 13.9. The van der Waals surface area contributed by atoms with Crippen molar-refractivity contribution < 1.29 is 22.0 Å². The average molecular weight is 504 g/mol. The summed E-state index contributed by atoms with van der Waals surface area (Å²) in [5, 5.41) is 4.58. The zero-order chi connectivity index (χ0) is 22.2. The largest absolute Gasteiger partial charge is 0.302 e. The van der Waals surface area contributed by atoms with Gasteiger partial charge in [-0.1, -0.05) is 11.6 Å². The zero-order valence-electron chi connectivity index (χ0n) is 15.8. The Morgan fingerprint density at radius 3 is 2.58 bits per heavy atom. The average Bonchev–Trinajstić information content (AvgIpc) is 3.37. The Morgan fingerprint density at radius 1 is 1.19 bits per heavy atom. The molecule has 1 N–H and O–H groups in total. The van der Waals surface area contributed by atoms with Crippen molar-refractivity contribution in [2.24, 2.45) is 5.92 Å². The number of thiophene rings is 1. The lowest BCUT2D eigenvalue weighted by atomic mass is 9.97. The van der Waals surface area contributed by atoms with Gasteiger partial charge in [-0.15, -0.1) is 22.7 Å². The smallest absolute Gasteiger partial charge is 0.252 e. The van der Waals surface area contributed by atoms with Gasteiger partial charge in [0.25, 0.3) is 10.0 Å². The van der Waals surface area contributed by atoms with Crippen molar-refractivity contribution in [3.63, 3.8) is 0 Å². The molecule has 1 fully saturated rings. The molecule has 0 saturated carbocycles. The minimum Gasteiger partial charge on any atom is -0.302 e. The summed E-state index contributed by atoms with van der Waals surface area (Å²) in [5.41, 5.74) is 0.443. The number of benzene rings is 1. The Kier molecular flexibility index (Phi) is 6.40. The van der Waals surface area contributed by atoms with Gasteiger partial charge in [0.15, 0.2) is 5.13 Å². The van der Waals surface area contributed by atoms with Crippen LogP contribution in [0.3, 0.4) is 0 Å². The highest BCUT2D eigenvalue weighted by Gasteiger charge is 2.33. The first kappa shape index (κ1) is 22.3. The highest BCUT2D eigenvalue weighted by Crippen LogP contribution is 2.32. The van der Waals surface area contributed by atoms with Gasteiger partial charge >= 0.3 is 0 Å². The fraction of sp³-hybridized carbons (Fsp3) is 0.263. The lowest BCUT2D eigenvalue weighted by molar-refractivity contribution is -0.120. The quantitative estimate of drug-likeness (QED) is 0.540. The highest BCUT2D eigenvalue weighted by atomic mass is 35.5. The van der Waals surface area contributed by atoms with Crippen molar-refractivity contribution >= 4 is 55.3 Å². The molecule has 0 atom stereocenters. The standard InChI is InChI=1S/C19H16ClF2N3O3S3/c20-16-3-4-17(30-16)31(27,28)25-7-5-11(6-8-25)18(26)24-19-23-15(10-29-19)13-2-1-12(21)9-14(13)22/h1-4,9-11H,5-8H2,(H,23,24,26). The molecule has 3 heterocycles. The second-order valence-electron chi connectivity index (χ2n) is 6.89. The molecule has 0 bridgehead atoms. The van der Waals surface area contributed by atoms with E-state index in [1.807, 2.05) is 0 Å². The van der Waals surface area contributed by atoms with Gasteiger partial charge in [-0.3, -0.25) is 4.79 Å². The third-order valence-corrected chi connectivity index (χ3v) is 9.26. The molecule has 0 aliphatic carbocycles. The van der Waals surface area contributed by atoms with Gasteiger partial charge < -0.3 is 5.32 Å². The molecular weight excluding hydrogens is 488 g/mol. The van der Waals surface area contributed by atoms with Crippen LogP contribution in [-0.2, 0) is 14.8 Å². The summed E-state index contributed by atoms with van der Waals surface area (Å²) in [7, 11) is -3.62. The number of sulfonamides is 1. The summed E-state index contributed by atoms with van der Waals surface area (Å²) in [6, 6.07) is 6.23. The third-order valence-electron chi connectivity index (χ3n) is 4.91. The van der Waals surface area contributed by atoms with Gasteiger partial charge in [-0.2, -0.15) is 4.31 Å². The minimum atomic E-state index is -3.62. The molecule has 1 aliphatic heterocycles. The lowest BCUT2D eigenvalue weighted by Gasteiger charge is -2.29. The number of thiazole rings is 1. The Morgan fingerprint density at radius 2 is 1.94 bits per heavy atom. The van der Waals surface area contributed by atoms with E-state index in [1.54, 1.807) is 11.4 Å².